The molecule has 0 N–H and O–H groups in total. The van der Waals surface area contributed by atoms with Crippen LogP contribution in [0.4, 0.5) is 0 Å². The van der Waals surface area contributed by atoms with Gasteiger partial charge in [0.2, 0.25) is 5.91 Å². The Kier molecular flexibility index (Phi) is 6.40. The second-order valence-corrected chi connectivity index (χ2v) is 9.62. The fraction of sp³-hybridized carbons (Fsp3) is 0.538. The molecule has 0 aromatic carbocycles. The standard InChI is InChI=1S/C26H34N6O/c1-19-23(8-9-26(33)31-12-4-3-5-13-31)20(2)32-25(28-19)15-24(29-32)22-10-14-30(18-22)17-21-7-6-11-27-16-21/h6-7,11,15-16,22H,3-5,8-10,12-14,17-18H2,1-2H3/t22-/m0/s1. The average Bonchev–Trinajstić information content (AvgIpc) is 3.47. The first-order valence-electron chi connectivity index (χ1n) is 12.3. The third kappa shape index (κ3) is 4.78. The molecule has 0 unspecified atom stereocenters. The zero-order valence-electron chi connectivity index (χ0n) is 19.8. The maximum atomic E-state index is 12.7. The Morgan fingerprint density at radius 3 is 2.79 bits per heavy atom. The van der Waals surface area contributed by atoms with Crippen molar-refractivity contribution in [3.63, 3.8) is 0 Å². The molecule has 2 fully saturated rings. The number of hydrogen-bond donors (Lipinski definition) is 0. The molecule has 5 heterocycles. The van der Waals surface area contributed by atoms with E-state index in [1.807, 2.05) is 27.9 Å². The van der Waals surface area contributed by atoms with Gasteiger partial charge in [-0.25, -0.2) is 9.50 Å². The Labute approximate surface area is 195 Å². The Bertz CT molecular complexity index is 1120. The number of aromatic nitrogens is 4. The monoisotopic (exact) mass is 446 g/mol. The number of carbonyl (C=O) groups excluding carboxylic acids is 1. The van der Waals surface area contributed by atoms with Crippen molar-refractivity contribution in [2.75, 3.05) is 26.2 Å². The number of likely N-dealkylation sites (tertiary alicyclic amines) is 2. The van der Waals surface area contributed by atoms with Crippen LogP contribution in [0.1, 0.15) is 66.2 Å². The van der Waals surface area contributed by atoms with Gasteiger partial charge in [0, 0.05) is 68.4 Å². The van der Waals surface area contributed by atoms with Crippen LogP contribution in [0.15, 0.2) is 30.6 Å². The fourth-order valence-electron chi connectivity index (χ4n) is 5.41. The lowest BCUT2D eigenvalue weighted by Gasteiger charge is -2.26. The molecule has 5 rings (SSSR count). The lowest BCUT2D eigenvalue weighted by Crippen LogP contribution is -2.35. The van der Waals surface area contributed by atoms with Crippen molar-refractivity contribution in [3.8, 4) is 0 Å². The van der Waals surface area contributed by atoms with Gasteiger partial charge in [-0.2, -0.15) is 5.10 Å². The highest BCUT2D eigenvalue weighted by atomic mass is 16.2. The minimum absolute atomic E-state index is 0.273. The number of nitrogens with zero attached hydrogens (tertiary/aromatic N) is 6. The van der Waals surface area contributed by atoms with Gasteiger partial charge in [0.05, 0.1) is 5.69 Å². The van der Waals surface area contributed by atoms with E-state index in [0.29, 0.717) is 12.3 Å². The molecule has 0 radical (unpaired) electrons. The van der Waals surface area contributed by atoms with E-state index in [1.165, 1.54) is 12.0 Å². The van der Waals surface area contributed by atoms with Crippen LogP contribution < -0.4 is 0 Å². The lowest BCUT2D eigenvalue weighted by molar-refractivity contribution is -0.132. The number of hydrogen-bond acceptors (Lipinski definition) is 5. The molecule has 1 atom stereocenters. The molecule has 0 aliphatic carbocycles. The molecule has 2 saturated heterocycles. The molecule has 2 aliphatic heterocycles. The van der Waals surface area contributed by atoms with Crippen LogP contribution in [-0.2, 0) is 17.8 Å². The van der Waals surface area contributed by atoms with E-state index >= 15 is 0 Å². The summed E-state index contributed by atoms with van der Waals surface area (Å²) in [6.45, 7) is 9.01. The highest BCUT2D eigenvalue weighted by Crippen LogP contribution is 2.29. The van der Waals surface area contributed by atoms with Gasteiger partial charge in [0.1, 0.15) is 0 Å². The molecule has 7 heteroatoms. The predicted molar refractivity (Wildman–Crippen MR) is 128 cm³/mol. The van der Waals surface area contributed by atoms with Gasteiger partial charge in [-0.15, -0.1) is 0 Å². The van der Waals surface area contributed by atoms with Gasteiger partial charge in [0.15, 0.2) is 5.65 Å². The molecule has 7 nitrogen and oxygen atoms in total. The van der Waals surface area contributed by atoms with Crippen LogP contribution in [-0.4, -0.2) is 61.5 Å². The summed E-state index contributed by atoms with van der Waals surface area (Å²) in [5, 5.41) is 4.97. The lowest BCUT2D eigenvalue weighted by atomic mass is 10.0. The Balaban J connectivity index is 1.28. The van der Waals surface area contributed by atoms with Gasteiger partial charge in [-0.1, -0.05) is 6.07 Å². The summed E-state index contributed by atoms with van der Waals surface area (Å²) in [4.78, 5) is 26.3. The van der Waals surface area contributed by atoms with E-state index < -0.39 is 0 Å². The molecule has 0 spiro atoms. The smallest absolute Gasteiger partial charge is 0.222 e. The highest BCUT2D eigenvalue weighted by Gasteiger charge is 2.27. The molecule has 0 saturated carbocycles. The van der Waals surface area contributed by atoms with Gasteiger partial charge in [-0.3, -0.25) is 14.7 Å². The average molecular weight is 447 g/mol. The van der Waals surface area contributed by atoms with E-state index in [4.69, 9.17) is 10.1 Å². The number of aryl methyl sites for hydroxylation is 2. The summed E-state index contributed by atoms with van der Waals surface area (Å²) < 4.78 is 1.99. The second-order valence-electron chi connectivity index (χ2n) is 9.62. The molecule has 33 heavy (non-hydrogen) atoms. The fourth-order valence-corrected chi connectivity index (χ4v) is 5.41. The van der Waals surface area contributed by atoms with Crippen LogP contribution >= 0.6 is 0 Å². The van der Waals surface area contributed by atoms with Crippen molar-refractivity contribution < 1.29 is 4.79 Å². The topological polar surface area (TPSA) is 66.6 Å². The van der Waals surface area contributed by atoms with Crippen LogP contribution in [0.25, 0.3) is 5.65 Å². The van der Waals surface area contributed by atoms with Crippen molar-refractivity contribution in [1.29, 1.82) is 0 Å². The number of amides is 1. The van der Waals surface area contributed by atoms with Crippen molar-refractivity contribution >= 4 is 11.6 Å². The van der Waals surface area contributed by atoms with Crippen molar-refractivity contribution in [1.82, 2.24) is 29.4 Å². The minimum atomic E-state index is 0.273. The third-order valence-corrected chi connectivity index (χ3v) is 7.30. The Morgan fingerprint density at radius 2 is 2.00 bits per heavy atom. The van der Waals surface area contributed by atoms with Gasteiger partial charge in [0.25, 0.3) is 0 Å². The number of carbonyl (C=O) groups is 1. The molecule has 1 amide bonds. The Morgan fingerprint density at radius 1 is 1.15 bits per heavy atom. The third-order valence-electron chi connectivity index (χ3n) is 7.30. The first-order valence-corrected chi connectivity index (χ1v) is 12.3. The van der Waals surface area contributed by atoms with Crippen LogP contribution in [0.5, 0.6) is 0 Å². The van der Waals surface area contributed by atoms with Crippen molar-refractivity contribution in [2.45, 2.75) is 64.8 Å². The first kappa shape index (κ1) is 22.0. The summed E-state index contributed by atoms with van der Waals surface area (Å²) in [7, 11) is 0. The first-order chi connectivity index (χ1) is 16.1. The normalized spacial score (nSPS) is 19.5. The molecular weight excluding hydrogens is 412 g/mol. The summed E-state index contributed by atoms with van der Waals surface area (Å²) in [5.74, 6) is 0.696. The number of fused-ring (bicyclic) bond motifs is 1. The van der Waals surface area contributed by atoms with Gasteiger partial charge < -0.3 is 4.90 Å². The maximum Gasteiger partial charge on any atom is 0.222 e. The molecule has 174 valence electrons. The van der Waals surface area contributed by atoms with Crippen molar-refractivity contribution in [3.05, 3.63) is 58.8 Å². The number of piperidine rings is 1. The second kappa shape index (κ2) is 9.59. The largest absolute Gasteiger partial charge is 0.343 e. The summed E-state index contributed by atoms with van der Waals surface area (Å²) in [6, 6.07) is 6.29. The van der Waals surface area contributed by atoms with E-state index in [2.05, 4.69) is 35.9 Å². The summed E-state index contributed by atoms with van der Waals surface area (Å²) in [5.41, 5.74) is 6.58. The van der Waals surface area contributed by atoms with E-state index in [1.54, 1.807) is 0 Å². The zero-order valence-corrected chi connectivity index (χ0v) is 19.8. The van der Waals surface area contributed by atoms with Crippen molar-refractivity contribution in [2.24, 2.45) is 0 Å². The zero-order chi connectivity index (χ0) is 22.8. The predicted octanol–water partition coefficient (Wildman–Crippen LogP) is 3.68. The molecular formula is C26H34N6O. The maximum absolute atomic E-state index is 12.7. The number of rotatable bonds is 6. The SMILES string of the molecule is Cc1nc2cc([C@H]3CCN(Cc4cccnc4)C3)nn2c(C)c1CCC(=O)N1CCCCC1. The molecule has 3 aromatic heterocycles. The molecule has 2 aliphatic rings. The van der Waals surface area contributed by atoms with Crippen LogP contribution in [0.3, 0.4) is 0 Å². The van der Waals surface area contributed by atoms with E-state index in [9.17, 15) is 4.79 Å². The molecule has 0 bridgehead atoms. The highest BCUT2D eigenvalue weighted by molar-refractivity contribution is 5.76. The van der Waals surface area contributed by atoms with E-state index in [-0.39, 0.29) is 5.91 Å². The van der Waals surface area contributed by atoms with Crippen LogP contribution in [0.2, 0.25) is 0 Å². The quantitative estimate of drug-likeness (QED) is 0.578. The van der Waals surface area contributed by atoms with Gasteiger partial charge >= 0.3 is 0 Å². The number of pyridine rings is 1. The molecule has 3 aromatic rings. The minimum Gasteiger partial charge on any atom is -0.343 e. The summed E-state index contributed by atoms with van der Waals surface area (Å²) in [6.07, 6.45) is 9.67. The summed E-state index contributed by atoms with van der Waals surface area (Å²) >= 11 is 0. The Hall–Kier alpha value is -2.80. The van der Waals surface area contributed by atoms with Gasteiger partial charge in [-0.05, 0) is 69.7 Å². The van der Waals surface area contributed by atoms with E-state index in [0.717, 1.165) is 86.7 Å². The van der Waals surface area contributed by atoms with Crippen LogP contribution in [0, 0.1) is 13.8 Å².